The van der Waals surface area contributed by atoms with E-state index < -0.39 is 0 Å². The van der Waals surface area contributed by atoms with E-state index in [9.17, 15) is 4.39 Å². The summed E-state index contributed by atoms with van der Waals surface area (Å²) in [6, 6.07) is 6.54. The fraction of sp³-hybridized carbons (Fsp3) is 0.364. The van der Waals surface area contributed by atoms with Crippen LogP contribution in [0, 0.1) is 11.2 Å². The molecule has 1 fully saturated rings. The quantitative estimate of drug-likeness (QED) is 0.707. The van der Waals surface area contributed by atoms with Crippen LogP contribution in [0.15, 0.2) is 42.7 Å². The van der Waals surface area contributed by atoms with Crippen molar-refractivity contribution in [2.24, 2.45) is 5.41 Å². The third-order valence-corrected chi connectivity index (χ3v) is 6.38. The zero-order valence-electron chi connectivity index (χ0n) is 15.8. The van der Waals surface area contributed by atoms with Gasteiger partial charge in [-0.2, -0.15) is 5.10 Å². The van der Waals surface area contributed by atoms with Crippen molar-refractivity contribution >= 4 is 16.9 Å². The van der Waals surface area contributed by atoms with Crippen LogP contribution in [0.1, 0.15) is 37.8 Å². The van der Waals surface area contributed by atoms with Crippen molar-refractivity contribution in [3.8, 4) is 11.1 Å². The number of piperidine rings is 1. The molecular weight excluding hydrogens is 353 g/mol. The molecule has 3 N–H and O–H groups in total. The van der Waals surface area contributed by atoms with E-state index in [-0.39, 0.29) is 5.82 Å². The first kappa shape index (κ1) is 17.4. The molecule has 0 atom stereocenters. The highest BCUT2D eigenvalue weighted by Crippen LogP contribution is 2.46. The van der Waals surface area contributed by atoms with Crippen LogP contribution in [0.5, 0.6) is 0 Å². The Balaban J connectivity index is 1.62. The molecule has 1 aliphatic carbocycles. The van der Waals surface area contributed by atoms with E-state index in [0.29, 0.717) is 11.2 Å². The van der Waals surface area contributed by atoms with E-state index >= 15 is 0 Å². The number of nitrogen functional groups attached to an aromatic ring is 1. The van der Waals surface area contributed by atoms with Crippen molar-refractivity contribution in [1.82, 2.24) is 19.9 Å². The van der Waals surface area contributed by atoms with Crippen LogP contribution < -0.4 is 11.1 Å². The van der Waals surface area contributed by atoms with Gasteiger partial charge in [0.2, 0.25) is 0 Å². The number of benzene rings is 1. The van der Waals surface area contributed by atoms with Crippen LogP contribution in [0.2, 0.25) is 0 Å². The Morgan fingerprint density at radius 3 is 2.61 bits per heavy atom. The molecular formula is C22H24FN5. The number of fused-ring (bicyclic) bond motifs is 1. The van der Waals surface area contributed by atoms with Gasteiger partial charge >= 0.3 is 0 Å². The second-order valence-corrected chi connectivity index (χ2v) is 8.02. The number of nitrogens with two attached hydrogens (primary N) is 1. The number of allylic oxidation sites excluding steroid dienone is 2. The molecule has 6 heteroatoms. The van der Waals surface area contributed by atoms with Gasteiger partial charge in [0.15, 0.2) is 0 Å². The van der Waals surface area contributed by atoms with Gasteiger partial charge in [-0.15, -0.1) is 0 Å². The number of halogens is 1. The van der Waals surface area contributed by atoms with Gasteiger partial charge in [0.25, 0.3) is 0 Å². The van der Waals surface area contributed by atoms with Gasteiger partial charge in [-0.05, 0) is 73.9 Å². The monoisotopic (exact) mass is 377 g/mol. The van der Waals surface area contributed by atoms with Gasteiger partial charge in [-0.3, -0.25) is 0 Å². The molecule has 144 valence electrons. The first-order chi connectivity index (χ1) is 13.7. The van der Waals surface area contributed by atoms with Gasteiger partial charge in [0.1, 0.15) is 17.2 Å². The molecule has 28 heavy (non-hydrogen) atoms. The zero-order chi connectivity index (χ0) is 19.1. The van der Waals surface area contributed by atoms with E-state index in [2.05, 4.69) is 16.4 Å². The molecule has 1 saturated heterocycles. The predicted octanol–water partition coefficient (Wildman–Crippen LogP) is 4.05. The minimum Gasteiger partial charge on any atom is -0.382 e. The first-order valence-electron chi connectivity index (χ1n) is 9.94. The highest BCUT2D eigenvalue weighted by Gasteiger charge is 2.34. The summed E-state index contributed by atoms with van der Waals surface area (Å²) in [6.45, 7) is 2.22. The van der Waals surface area contributed by atoms with Crippen molar-refractivity contribution in [2.75, 3.05) is 18.8 Å². The molecule has 2 aromatic heterocycles. The highest BCUT2D eigenvalue weighted by atomic mass is 19.1. The average molecular weight is 377 g/mol. The van der Waals surface area contributed by atoms with E-state index in [0.717, 1.165) is 48.3 Å². The molecule has 1 aliphatic heterocycles. The Morgan fingerprint density at radius 1 is 1.11 bits per heavy atom. The molecule has 0 bridgehead atoms. The summed E-state index contributed by atoms with van der Waals surface area (Å²) < 4.78 is 15.3. The van der Waals surface area contributed by atoms with Gasteiger partial charge in [-0.25, -0.2) is 13.9 Å². The smallest absolute Gasteiger partial charge is 0.150 e. The fourth-order valence-electron chi connectivity index (χ4n) is 4.71. The predicted molar refractivity (Wildman–Crippen MR) is 109 cm³/mol. The topological polar surface area (TPSA) is 68.2 Å². The highest BCUT2D eigenvalue weighted by molar-refractivity contribution is 5.94. The van der Waals surface area contributed by atoms with Crippen LogP contribution in [-0.2, 0) is 0 Å². The lowest BCUT2D eigenvalue weighted by Gasteiger charge is -2.40. The minimum absolute atomic E-state index is 0.252. The van der Waals surface area contributed by atoms with Crippen LogP contribution in [0.4, 0.5) is 10.2 Å². The van der Waals surface area contributed by atoms with Crippen LogP contribution in [0.25, 0.3) is 22.2 Å². The van der Waals surface area contributed by atoms with Crippen LogP contribution in [-0.4, -0.2) is 27.7 Å². The van der Waals surface area contributed by atoms with Crippen molar-refractivity contribution < 1.29 is 4.39 Å². The summed E-state index contributed by atoms with van der Waals surface area (Å²) in [5.41, 5.74) is 11.5. The summed E-state index contributed by atoms with van der Waals surface area (Å²) in [5, 5.41) is 8.32. The third-order valence-electron chi connectivity index (χ3n) is 6.38. The molecule has 5 nitrogen and oxygen atoms in total. The SMILES string of the molecule is Nc1nccn2nc(C3=CCC4(CCNCC4)CC3)c(-c3ccc(F)cc3)c12. The molecule has 0 radical (unpaired) electrons. The van der Waals surface area contributed by atoms with E-state index in [1.165, 1.54) is 37.0 Å². The van der Waals surface area contributed by atoms with Crippen molar-refractivity contribution in [1.29, 1.82) is 0 Å². The number of anilines is 1. The summed E-state index contributed by atoms with van der Waals surface area (Å²) in [4.78, 5) is 4.25. The lowest BCUT2D eigenvalue weighted by molar-refractivity contribution is 0.184. The molecule has 1 aromatic carbocycles. The summed E-state index contributed by atoms with van der Waals surface area (Å²) in [6.07, 6.45) is 11.6. The van der Waals surface area contributed by atoms with Crippen molar-refractivity contribution in [2.45, 2.75) is 32.1 Å². The van der Waals surface area contributed by atoms with Gasteiger partial charge in [0.05, 0.1) is 5.69 Å². The maximum atomic E-state index is 13.5. The number of hydrogen-bond acceptors (Lipinski definition) is 4. The maximum absolute atomic E-state index is 13.5. The number of hydrogen-bond donors (Lipinski definition) is 2. The zero-order valence-corrected chi connectivity index (χ0v) is 15.8. The number of nitrogens with zero attached hydrogens (tertiary/aromatic N) is 3. The molecule has 5 rings (SSSR count). The Hall–Kier alpha value is -2.73. The van der Waals surface area contributed by atoms with Gasteiger partial charge in [0, 0.05) is 18.0 Å². The normalized spacial score (nSPS) is 19.1. The Labute approximate surface area is 163 Å². The second-order valence-electron chi connectivity index (χ2n) is 8.02. The standard InChI is InChI=1S/C22H24FN5/c23-17-3-1-15(2-4-17)18-19(27-28-14-13-26-21(24)20(18)28)16-5-7-22(8-6-16)9-11-25-12-10-22/h1-5,13-14,25H,6-12H2,(H2,24,26). The van der Waals surface area contributed by atoms with Crippen molar-refractivity contribution in [3.05, 3.63) is 54.2 Å². The molecule has 0 amide bonds. The third kappa shape index (κ3) is 2.88. The maximum Gasteiger partial charge on any atom is 0.150 e. The van der Waals surface area contributed by atoms with E-state index in [1.54, 1.807) is 22.8 Å². The largest absolute Gasteiger partial charge is 0.382 e. The summed E-state index contributed by atoms with van der Waals surface area (Å²) in [5.74, 6) is 0.185. The number of nitrogens with one attached hydrogen (secondary N) is 1. The molecule has 0 saturated carbocycles. The molecule has 3 heterocycles. The Morgan fingerprint density at radius 2 is 1.89 bits per heavy atom. The molecule has 0 unspecified atom stereocenters. The number of rotatable bonds is 2. The lowest BCUT2D eigenvalue weighted by atomic mass is 9.68. The van der Waals surface area contributed by atoms with Gasteiger partial charge in [-0.1, -0.05) is 18.2 Å². The lowest BCUT2D eigenvalue weighted by Crippen LogP contribution is -2.37. The van der Waals surface area contributed by atoms with Gasteiger partial charge < -0.3 is 11.1 Å². The van der Waals surface area contributed by atoms with E-state index in [1.807, 2.05) is 6.20 Å². The van der Waals surface area contributed by atoms with E-state index in [4.69, 9.17) is 10.8 Å². The minimum atomic E-state index is -0.252. The molecule has 3 aromatic rings. The molecule has 2 aliphatic rings. The van der Waals surface area contributed by atoms with Crippen LogP contribution in [0.3, 0.4) is 0 Å². The number of aromatic nitrogens is 3. The Kier molecular flexibility index (Phi) is 4.16. The second kappa shape index (κ2) is 6.71. The molecule has 1 spiro atoms. The van der Waals surface area contributed by atoms with Crippen molar-refractivity contribution in [3.63, 3.8) is 0 Å². The average Bonchev–Trinajstić information content (AvgIpc) is 3.11. The Bertz CT molecular complexity index is 1040. The summed E-state index contributed by atoms with van der Waals surface area (Å²) in [7, 11) is 0. The fourth-order valence-corrected chi connectivity index (χ4v) is 4.71. The van der Waals surface area contributed by atoms with Crippen LogP contribution >= 0.6 is 0 Å². The summed E-state index contributed by atoms with van der Waals surface area (Å²) >= 11 is 0. The first-order valence-corrected chi connectivity index (χ1v) is 9.94.